The number of benzene rings is 1. The maximum Gasteiger partial charge on any atom is 0.340 e. The molecule has 1 aromatic carbocycles. The molecular weight excluding hydrogens is 386 g/mol. The Kier molecular flexibility index (Phi) is 6.64. The van der Waals surface area contributed by atoms with Crippen molar-refractivity contribution in [3.05, 3.63) is 64.3 Å². The van der Waals surface area contributed by atoms with E-state index in [1.807, 2.05) is 0 Å². The highest BCUT2D eigenvalue weighted by molar-refractivity contribution is 6.02. The number of hydrogen-bond donors (Lipinski definition) is 1. The van der Waals surface area contributed by atoms with Crippen LogP contribution in [-0.4, -0.2) is 34.8 Å². The van der Waals surface area contributed by atoms with Crippen LogP contribution in [0.3, 0.4) is 0 Å². The molecule has 0 aliphatic carbocycles. The summed E-state index contributed by atoms with van der Waals surface area (Å²) in [4.78, 5) is 25.8. The monoisotopic (exact) mass is 399 g/mol. The number of amides is 1. The Hall–Kier alpha value is -3.50. The zero-order valence-electron chi connectivity index (χ0n) is 14.0. The minimum Gasteiger partial charge on any atom is -0.471 e. The number of hydrogen-bond acceptors (Lipinski definition) is 5. The molecule has 0 unspecified atom stereocenters. The van der Waals surface area contributed by atoms with E-state index in [1.54, 1.807) is 6.07 Å². The van der Waals surface area contributed by atoms with Gasteiger partial charge >= 0.3 is 12.3 Å². The van der Waals surface area contributed by atoms with Crippen molar-refractivity contribution in [2.45, 2.75) is 12.3 Å². The summed E-state index contributed by atoms with van der Waals surface area (Å²) in [5.74, 6) is -5.26. The number of nitrogens with zero attached hydrogens (tertiary/aromatic N) is 2. The maximum absolute atomic E-state index is 12.8. The summed E-state index contributed by atoms with van der Waals surface area (Å²) in [7, 11) is 0. The number of aromatic nitrogens is 1. The highest BCUT2D eigenvalue weighted by Crippen LogP contribution is 2.24. The van der Waals surface area contributed by atoms with Crippen LogP contribution in [0.25, 0.3) is 6.08 Å². The van der Waals surface area contributed by atoms with Crippen LogP contribution in [0.4, 0.5) is 28.9 Å². The van der Waals surface area contributed by atoms with Gasteiger partial charge in [0, 0.05) is 18.2 Å². The predicted octanol–water partition coefficient (Wildman–Crippen LogP) is 3.92. The van der Waals surface area contributed by atoms with Crippen LogP contribution in [0.1, 0.15) is 5.56 Å². The molecule has 2 rings (SSSR count). The molecule has 1 aromatic heterocycles. The van der Waals surface area contributed by atoms with Crippen LogP contribution < -0.4 is 10.1 Å². The maximum atomic E-state index is 12.8. The van der Waals surface area contributed by atoms with Crippen molar-refractivity contribution < 1.29 is 32.0 Å². The first-order valence-electron chi connectivity index (χ1n) is 7.66. The summed E-state index contributed by atoms with van der Waals surface area (Å²) in [6.45, 7) is -1.54. The third kappa shape index (κ3) is 5.76. The number of ether oxygens (including phenoxy) is 1. The molecule has 1 amide bonds. The zero-order valence-corrected chi connectivity index (χ0v) is 14.0. The molecule has 11 heteroatoms. The van der Waals surface area contributed by atoms with Gasteiger partial charge < -0.3 is 10.1 Å². The van der Waals surface area contributed by atoms with Crippen LogP contribution in [-0.2, 0) is 4.79 Å². The fourth-order valence-electron chi connectivity index (χ4n) is 1.92. The second-order valence-corrected chi connectivity index (χ2v) is 5.37. The number of anilines is 1. The van der Waals surface area contributed by atoms with Gasteiger partial charge in [-0.15, -0.1) is 0 Å². The Morgan fingerprint density at radius 2 is 2.00 bits per heavy atom. The molecule has 1 N–H and O–H groups in total. The van der Waals surface area contributed by atoms with Gasteiger partial charge in [0.1, 0.15) is 0 Å². The van der Waals surface area contributed by atoms with Crippen molar-refractivity contribution in [2.24, 2.45) is 0 Å². The lowest BCUT2D eigenvalue weighted by molar-refractivity contribution is -0.385. The standard InChI is InChI=1S/C17H13F4N3O4/c18-16(19)17(20,21)10-28-15-8-6-12(9-22-15)23-14(25)7-5-11-3-1-2-4-13(11)24(26)27/h1-9,16H,10H2,(H,23,25)/b7-5+. The average molecular weight is 399 g/mol. The Labute approximate surface area is 155 Å². The third-order valence-corrected chi connectivity index (χ3v) is 3.28. The number of nitro benzene ring substituents is 1. The quantitative estimate of drug-likeness (QED) is 0.314. The van der Waals surface area contributed by atoms with Crippen molar-refractivity contribution in [2.75, 3.05) is 11.9 Å². The summed E-state index contributed by atoms with van der Waals surface area (Å²) < 4.78 is 54.1. The molecule has 28 heavy (non-hydrogen) atoms. The van der Waals surface area contributed by atoms with E-state index in [9.17, 15) is 32.5 Å². The lowest BCUT2D eigenvalue weighted by atomic mass is 10.1. The van der Waals surface area contributed by atoms with Crippen molar-refractivity contribution in [1.29, 1.82) is 0 Å². The topological polar surface area (TPSA) is 94.4 Å². The number of carbonyl (C=O) groups is 1. The Balaban J connectivity index is 1.95. The van der Waals surface area contributed by atoms with Crippen LogP contribution in [0.15, 0.2) is 48.7 Å². The lowest BCUT2D eigenvalue weighted by Crippen LogP contribution is -2.33. The van der Waals surface area contributed by atoms with Gasteiger partial charge in [0.25, 0.3) is 5.69 Å². The van der Waals surface area contributed by atoms with E-state index in [0.717, 1.165) is 18.3 Å². The molecule has 0 atom stereocenters. The molecule has 0 aliphatic rings. The normalized spacial score (nSPS) is 11.6. The van der Waals surface area contributed by atoms with E-state index in [2.05, 4.69) is 15.0 Å². The van der Waals surface area contributed by atoms with Gasteiger partial charge in [0.05, 0.1) is 22.4 Å². The molecular formula is C17H13F4N3O4. The summed E-state index contributed by atoms with van der Waals surface area (Å²) in [5, 5.41) is 13.3. The number of rotatable bonds is 8. The molecule has 0 bridgehead atoms. The number of halogens is 4. The number of carbonyl (C=O) groups excluding carboxylic acids is 1. The number of nitrogens with one attached hydrogen (secondary N) is 1. The van der Waals surface area contributed by atoms with E-state index < -0.39 is 29.8 Å². The van der Waals surface area contributed by atoms with Crippen molar-refractivity contribution in [3.63, 3.8) is 0 Å². The first-order valence-corrected chi connectivity index (χ1v) is 7.66. The molecule has 0 radical (unpaired) electrons. The van der Waals surface area contributed by atoms with Gasteiger partial charge in [0.15, 0.2) is 6.61 Å². The first kappa shape index (κ1) is 20.8. The van der Waals surface area contributed by atoms with Crippen LogP contribution >= 0.6 is 0 Å². The molecule has 2 aromatic rings. The summed E-state index contributed by atoms with van der Waals surface area (Å²) >= 11 is 0. The van der Waals surface area contributed by atoms with Crippen LogP contribution in [0, 0.1) is 10.1 Å². The molecule has 7 nitrogen and oxygen atoms in total. The largest absolute Gasteiger partial charge is 0.471 e. The Morgan fingerprint density at radius 3 is 2.61 bits per heavy atom. The van der Waals surface area contributed by atoms with Gasteiger partial charge in [-0.05, 0) is 18.2 Å². The molecule has 0 saturated heterocycles. The predicted molar refractivity (Wildman–Crippen MR) is 91.4 cm³/mol. The van der Waals surface area contributed by atoms with Gasteiger partial charge in [-0.3, -0.25) is 14.9 Å². The van der Waals surface area contributed by atoms with Gasteiger partial charge in [-0.25, -0.2) is 13.8 Å². The van der Waals surface area contributed by atoms with E-state index in [1.165, 1.54) is 30.3 Å². The smallest absolute Gasteiger partial charge is 0.340 e. The molecule has 148 valence electrons. The van der Waals surface area contributed by atoms with Crippen molar-refractivity contribution in [1.82, 2.24) is 4.98 Å². The summed E-state index contributed by atoms with van der Waals surface area (Å²) in [5.41, 5.74) is 0.227. The number of pyridine rings is 1. The number of para-hydroxylation sites is 1. The molecule has 0 saturated carbocycles. The lowest BCUT2D eigenvalue weighted by Gasteiger charge is -2.15. The molecule has 1 heterocycles. The van der Waals surface area contributed by atoms with E-state index in [0.29, 0.717) is 0 Å². The summed E-state index contributed by atoms with van der Waals surface area (Å²) in [6.07, 6.45) is -0.467. The summed E-state index contributed by atoms with van der Waals surface area (Å²) in [6, 6.07) is 8.19. The van der Waals surface area contributed by atoms with Crippen molar-refractivity contribution >= 4 is 23.4 Å². The van der Waals surface area contributed by atoms with E-state index >= 15 is 0 Å². The van der Waals surface area contributed by atoms with Gasteiger partial charge in [-0.1, -0.05) is 12.1 Å². The highest BCUT2D eigenvalue weighted by Gasteiger charge is 2.41. The molecule has 0 aliphatic heterocycles. The second-order valence-electron chi connectivity index (χ2n) is 5.37. The minimum absolute atomic E-state index is 0.171. The van der Waals surface area contributed by atoms with Gasteiger partial charge in [-0.2, -0.15) is 8.78 Å². The number of nitro groups is 1. The second kappa shape index (κ2) is 8.93. The minimum atomic E-state index is -4.31. The van der Waals surface area contributed by atoms with Crippen LogP contribution in [0.5, 0.6) is 5.88 Å². The highest BCUT2D eigenvalue weighted by atomic mass is 19.3. The van der Waals surface area contributed by atoms with Gasteiger partial charge in [0.2, 0.25) is 11.8 Å². The fraction of sp³-hybridized carbons (Fsp3) is 0.176. The van der Waals surface area contributed by atoms with E-state index in [-0.39, 0.29) is 22.8 Å². The zero-order chi connectivity index (χ0) is 20.7. The Morgan fingerprint density at radius 1 is 1.29 bits per heavy atom. The molecule has 0 fully saturated rings. The Bertz CT molecular complexity index is 873. The fourth-order valence-corrected chi connectivity index (χ4v) is 1.92. The third-order valence-electron chi connectivity index (χ3n) is 3.28. The SMILES string of the molecule is O=C(/C=C/c1ccccc1[N+](=O)[O-])Nc1ccc(OCC(F)(F)C(F)F)nc1. The first-order chi connectivity index (χ1) is 13.2. The van der Waals surface area contributed by atoms with Crippen LogP contribution in [0.2, 0.25) is 0 Å². The van der Waals surface area contributed by atoms with E-state index in [4.69, 9.17) is 0 Å². The van der Waals surface area contributed by atoms with Crippen molar-refractivity contribution in [3.8, 4) is 5.88 Å². The average Bonchev–Trinajstić information content (AvgIpc) is 2.66. The molecule has 0 spiro atoms. The number of alkyl halides is 4.